The zero-order valence-corrected chi connectivity index (χ0v) is 19.2. The number of fused-ring (bicyclic) bond motifs is 1. The van der Waals surface area contributed by atoms with E-state index in [1.54, 1.807) is 0 Å². The molecular weight excluding hydrogens is 338 g/mol. The van der Waals surface area contributed by atoms with Gasteiger partial charge in [0.2, 0.25) is 5.69 Å². The van der Waals surface area contributed by atoms with Crippen LogP contribution < -0.4 is 4.57 Å². The molecule has 0 spiro atoms. The predicted molar refractivity (Wildman–Crippen MR) is 122 cm³/mol. The molecule has 0 aliphatic carbocycles. The number of nitrogens with zero attached hydrogens (tertiary/aromatic N) is 1. The summed E-state index contributed by atoms with van der Waals surface area (Å²) in [6.07, 6.45) is 1.13. The Bertz CT molecular complexity index is 1030. The Hall–Kier alpha value is -2.15. The summed E-state index contributed by atoms with van der Waals surface area (Å²) >= 11 is 0. The number of rotatable bonds is 3. The molecule has 0 saturated carbocycles. The maximum Gasteiger partial charge on any atom is 0.220 e. The molecule has 0 N–H and O–H groups in total. The molecule has 3 aromatic rings. The van der Waals surface area contributed by atoms with Crippen molar-refractivity contribution in [1.82, 2.24) is 0 Å². The van der Waals surface area contributed by atoms with Crippen LogP contribution in [0.15, 0.2) is 36.4 Å². The van der Waals surface area contributed by atoms with Crippen molar-refractivity contribution in [3.8, 4) is 11.3 Å². The first-order valence-electron chi connectivity index (χ1n) is 10.5. The van der Waals surface area contributed by atoms with Gasteiger partial charge in [-0.3, -0.25) is 0 Å². The molecule has 0 aliphatic heterocycles. The zero-order valence-electron chi connectivity index (χ0n) is 19.2. The quantitative estimate of drug-likeness (QED) is 0.446. The van der Waals surface area contributed by atoms with E-state index in [0.717, 1.165) is 6.42 Å². The van der Waals surface area contributed by atoms with Crippen molar-refractivity contribution in [3.63, 3.8) is 0 Å². The average Bonchev–Trinajstić information content (AvgIpc) is 2.57. The van der Waals surface area contributed by atoms with Gasteiger partial charge in [-0.15, -0.1) is 0 Å². The van der Waals surface area contributed by atoms with Gasteiger partial charge in [0.1, 0.15) is 7.05 Å². The Balaban J connectivity index is 2.34. The highest BCUT2D eigenvalue weighted by molar-refractivity contribution is 5.94. The SMILES string of the molecule is Cc1cc(C(C)(C)C)cc(-c2c3ccc(CC(C)C)cc3cc(C)[n+]2C)c1C. The summed E-state index contributed by atoms with van der Waals surface area (Å²) in [5.74, 6) is 0.672. The van der Waals surface area contributed by atoms with Crippen molar-refractivity contribution in [2.75, 3.05) is 0 Å². The third kappa shape index (κ3) is 3.85. The van der Waals surface area contributed by atoms with Crippen molar-refractivity contribution < 1.29 is 4.57 Å². The third-order valence-electron chi connectivity index (χ3n) is 6.03. The summed E-state index contributed by atoms with van der Waals surface area (Å²) in [6.45, 7) is 18.2. The minimum atomic E-state index is 0.135. The van der Waals surface area contributed by atoms with Crippen molar-refractivity contribution in [3.05, 3.63) is 64.3 Å². The summed E-state index contributed by atoms with van der Waals surface area (Å²) in [5.41, 5.74) is 9.69. The van der Waals surface area contributed by atoms with Gasteiger partial charge in [0.15, 0.2) is 5.69 Å². The van der Waals surface area contributed by atoms with E-state index in [9.17, 15) is 0 Å². The van der Waals surface area contributed by atoms with Gasteiger partial charge in [0.25, 0.3) is 0 Å². The lowest BCUT2D eigenvalue weighted by atomic mass is 9.82. The molecule has 3 rings (SSSR count). The molecule has 2 aromatic carbocycles. The fraction of sp³-hybridized carbons (Fsp3) is 0.444. The van der Waals surface area contributed by atoms with Gasteiger partial charge in [-0.1, -0.05) is 52.8 Å². The van der Waals surface area contributed by atoms with Crippen LogP contribution in [0.25, 0.3) is 22.0 Å². The normalized spacial score (nSPS) is 12.2. The molecule has 0 aliphatic rings. The second kappa shape index (κ2) is 7.35. The van der Waals surface area contributed by atoms with E-state index in [1.165, 1.54) is 50.0 Å². The number of hydrogen-bond donors (Lipinski definition) is 0. The van der Waals surface area contributed by atoms with Crippen molar-refractivity contribution in [2.24, 2.45) is 13.0 Å². The summed E-state index contributed by atoms with van der Waals surface area (Å²) in [7, 11) is 2.20. The van der Waals surface area contributed by atoms with E-state index in [1.807, 2.05) is 0 Å². The molecule has 1 heteroatoms. The molecular formula is C27H36N+. The average molecular weight is 375 g/mol. The van der Waals surface area contributed by atoms with Crippen LogP contribution in [0.3, 0.4) is 0 Å². The van der Waals surface area contributed by atoms with E-state index in [-0.39, 0.29) is 5.41 Å². The second-order valence-corrected chi connectivity index (χ2v) is 9.93. The molecule has 0 saturated heterocycles. The van der Waals surface area contributed by atoms with Gasteiger partial charge in [-0.2, -0.15) is 4.57 Å². The van der Waals surface area contributed by atoms with Gasteiger partial charge >= 0.3 is 0 Å². The molecule has 148 valence electrons. The topological polar surface area (TPSA) is 3.88 Å². The van der Waals surface area contributed by atoms with Gasteiger partial charge < -0.3 is 0 Å². The Labute approximate surface area is 171 Å². The van der Waals surface area contributed by atoms with E-state index in [4.69, 9.17) is 0 Å². The molecule has 0 fully saturated rings. The molecule has 1 heterocycles. The molecule has 0 radical (unpaired) electrons. The lowest BCUT2D eigenvalue weighted by Gasteiger charge is -2.22. The van der Waals surface area contributed by atoms with Crippen molar-refractivity contribution >= 4 is 10.8 Å². The van der Waals surface area contributed by atoms with E-state index in [0.29, 0.717) is 5.92 Å². The Morgan fingerprint density at radius 2 is 1.61 bits per heavy atom. The fourth-order valence-corrected chi connectivity index (χ4v) is 4.09. The van der Waals surface area contributed by atoms with Gasteiger partial charge in [0, 0.05) is 13.0 Å². The third-order valence-corrected chi connectivity index (χ3v) is 6.03. The smallest absolute Gasteiger partial charge is 0.198 e. The van der Waals surface area contributed by atoms with Crippen LogP contribution in [0.5, 0.6) is 0 Å². The molecule has 0 amide bonds. The van der Waals surface area contributed by atoms with Crippen LogP contribution >= 0.6 is 0 Å². The maximum atomic E-state index is 2.42. The first kappa shape index (κ1) is 20.6. The minimum Gasteiger partial charge on any atom is -0.198 e. The summed E-state index contributed by atoms with van der Waals surface area (Å²) in [6, 6.07) is 14.1. The van der Waals surface area contributed by atoms with Crippen LogP contribution in [-0.2, 0) is 18.9 Å². The number of pyridine rings is 1. The number of aromatic nitrogens is 1. The standard InChI is InChI=1S/C27H36N/c1-17(2)12-21-10-11-24-22(15-21)14-19(4)28(9)26(24)25-16-23(27(6,7)8)13-18(3)20(25)5/h10-11,13-17H,12H2,1-9H3/q+1. The monoisotopic (exact) mass is 374 g/mol. The first-order valence-corrected chi connectivity index (χ1v) is 10.5. The molecule has 1 nitrogen and oxygen atoms in total. The van der Waals surface area contributed by atoms with E-state index >= 15 is 0 Å². The number of hydrogen-bond acceptors (Lipinski definition) is 0. The molecule has 0 bridgehead atoms. The second-order valence-electron chi connectivity index (χ2n) is 9.93. The number of aryl methyl sites for hydroxylation is 2. The predicted octanol–water partition coefficient (Wildman–Crippen LogP) is 6.75. The summed E-state index contributed by atoms with van der Waals surface area (Å²) in [4.78, 5) is 0. The molecule has 28 heavy (non-hydrogen) atoms. The van der Waals surface area contributed by atoms with Crippen LogP contribution in [0.1, 0.15) is 62.6 Å². The van der Waals surface area contributed by atoms with E-state index in [2.05, 4.69) is 103 Å². The van der Waals surface area contributed by atoms with Crippen LogP contribution in [0.2, 0.25) is 0 Å². The highest BCUT2D eigenvalue weighted by Gasteiger charge is 2.24. The van der Waals surface area contributed by atoms with Crippen molar-refractivity contribution in [1.29, 1.82) is 0 Å². The Kier molecular flexibility index (Phi) is 5.40. The van der Waals surface area contributed by atoms with Crippen molar-refractivity contribution in [2.45, 2.75) is 67.2 Å². The molecule has 0 atom stereocenters. The summed E-state index contributed by atoms with van der Waals surface area (Å²) in [5, 5.41) is 2.69. The highest BCUT2D eigenvalue weighted by Crippen LogP contribution is 2.35. The zero-order chi connectivity index (χ0) is 20.8. The van der Waals surface area contributed by atoms with Gasteiger partial charge in [0.05, 0.1) is 10.9 Å². The lowest BCUT2D eigenvalue weighted by molar-refractivity contribution is -0.665. The van der Waals surface area contributed by atoms with Gasteiger partial charge in [-0.05, 0) is 71.4 Å². The number of benzene rings is 2. The van der Waals surface area contributed by atoms with E-state index < -0.39 is 0 Å². The molecule has 1 aromatic heterocycles. The fourth-order valence-electron chi connectivity index (χ4n) is 4.09. The van der Waals surface area contributed by atoms with Crippen LogP contribution in [-0.4, -0.2) is 0 Å². The van der Waals surface area contributed by atoms with Gasteiger partial charge in [-0.25, -0.2) is 0 Å². The van der Waals surface area contributed by atoms with Crippen LogP contribution in [0.4, 0.5) is 0 Å². The Morgan fingerprint density at radius 3 is 2.21 bits per heavy atom. The first-order chi connectivity index (χ1) is 13.0. The molecule has 0 unspecified atom stereocenters. The summed E-state index contributed by atoms with van der Waals surface area (Å²) < 4.78 is 2.36. The highest BCUT2D eigenvalue weighted by atomic mass is 14.9. The van der Waals surface area contributed by atoms with Crippen LogP contribution in [0, 0.1) is 26.7 Å². The largest absolute Gasteiger partial charge is 0.220 e. The Morgan fingerprint density at radius 1 is 0.929 bits per heavy atom. The lowest BCUT2D eigenvalue weighted by Crippen LogP contribution is -2.35. The minimum absolute atomic E-state index is 0.135. The maximum absolute atomic E-state index is 2.42.